The number of carbonyl (C=O) groups is 3. The van der Waals surface area contributed by atoms with E-state index in [1.54, 1.807) is 18.2 Å². The Morgan fingerprint density at radius 2 is 1.96 bits per heavy atom. The monoisotopic (exact) mass is 355 g/mol. The summed E-state index contributed by atoms with van der Waals surface area (Å²) in [6, 6.07) is 9.26. The van der Waals surface area contributed by atoms with E-state index in [0.29, 0.717) is 5.56 Å². The molecule has 1 aromatic carbocycles. The molecule has 1 aliphatic carbocycles. The summed E-state index contributed by atoms with van der Waals surface area (Å²) in [4.78, 5) is 36.8. The zero-order valence-electron chi connectivity index (χ0n) is 14.8. The van der Waals surface area contributed by atoms with E-state index in [0.717, 1.165) is 18.4 Å². The third kappa shape index (κ3) is 6.06. The van der Waals surface area contributed by atoms with E-state index in [-0.39, 0.29) is 24.1 Å². The first-order valence-corrected chi connectivity index (χ1v) is 8.28. The SMILES string of the molecule is Cc1ccc(/C=C(\C#N)C(=O)OCC(=O)N(C)CC(=O)NC2CC2)cc1. The van der Waals surface area contributed by atoms with E-state index in [9.17, 15) is 14.4 Å². The molecule has 0 heterocycles. The Hall–Kier alpha value is -3.14. The van der Waals surface area contributed by atoms with Crippen molar-refractivity contribution in [2.75, 3.05) is 20.2 Å². The molecule has 1 N–H and O–H groups in total. The van der Waals surface area contributed by atoms with Gasteiger partial charge in [0.15, 0.2) is 6.61 Å². The number of nitriles is 1. The average Bonchev–Trinajstić information content (AvgIpc) is 3.42. The van der Waals surface area contributed by atoms with Crippen LogP contribution >= 0.6 is 0 Å². The summed E-state index contributed by atoms with van der Waals surface area (Å²) < 4.78 is 4.90. The lowest BCUT2D eigenvalue weighted by Gasteiger charge is -2.16. The number of aryl methyl sites for hydroxylation is 1. The van der Waals surface area contributed by atoms with Crippen LogP contribution in [0, 0.1) is 18.3 Å². The van der Waals surface area contributed by atoms with Crippen molar-refractivity contribution in [3.63, 3.8) is 0 Å². The minimum Gasteiger partial charge on any atom is -0.451 e. The highest BCUT2D eigenvalue weighted by atomic mass is 16.5. The molecule has 0 radical (unpaired) electrons. The van der Waals surface area contributed by atoms with Crippen LogP contribution in [0.4, 0.5) is 0 Å². The van der Waals surface area contributed by atoms with Gasteiger partial charge in [0.25, 0.3) is 5.91 Å². The summed E-state index contributed by atoms with van der Waals surface area (Å²) >= 11 is 0. The molecule has 0 atom stereocenters. The lowest BCUT2D eigenvalue weighted by molar-refractivity contribution is -0.148. The number of hydrogen-bond acceptors (Lipinski definition) is 5. The number of benzene rings is 1. The number of amides is 2. The van der Waals surface area contributed by atoms with Crippen LogP contribution in [0.2, 0.25) is 0 Å². The minimum absolute atomic E-state index is 0.100. The Kier molecular flexibility index (Phi) is 6.50. The van der Waals surface area contributed by atoms with E-state index in [1.807, 2.05) is 19.1 Å². The number of rotatable bonds is 7. The molecule has 26 heavy (non-hydrogen) atoms. The van der Waals surface area contributed by atoms with Crippen LogP contribution in [-0.4, -0.2) is 48.9 Å². The molecule has 0 saturated heterocycles. The molecule has 136 valence electrons. The van der Waals surface area contributed by atoms with Gasteiger partial charge in [-0.05, 0) is 31.4 Å². The Morgan fingerprint density at radius 3 is 2.54 bits per heavy atom. The molecule has 1 saturated carbocycles. The van der Waals surface area contributed by atoms with Crippen molar-refractivity contribution in [3.8, 4) is 6.07 Å². The summed E-state index contributed by atoms with van der Waals surface area (Å²) in [7, 11) is 1.45. The number of hydrogen-bond donors (Lipinski definition) is 1. The van der Waals surface area contributed by atoms with Crippen molar-refractivity contribution >= 4 is 23.9 Å². The van der Waals surface area contributed by atoms with Crippen molar-refractivity contribution < 1.29 is 19.1 Å². The lowest BCUT2D eigenvalue weighted by atomic mass is 10.1. The van der Waals surface area contributed by atoms with Gasteiger partial charge in [0.1, 0.15) is 11.6 Å². The summed E-state index contributed by atoms with van der Waals surface area (Å²) in [5, 5.41) is 11.9. The van der Waals surface area contributed by atoms with Crippen molar-refractivity contribution in [1.82, 2.24) is 10.2 Å². The van der Waals surface area contributed by atoms with Gasteiger partial charge in [0.2, 0.25) is 5.91 Å². The molecule has 2 rings (SSSR count). The number of likely N-dealkylation sites (N-methyl/N-ethyl adjacent to an activating group) is 1. The van der Waals surface area contributed by atoms with E-state index in [4.69, 9.17) is 10.00 Å². The molecule has 1 fully saturated rings. The van der Waals surface area contributed by atoms with Gasteiger partial charge >= 0.3 is 5.97 Å². The second kappa shape index (κ2) is 8.81. The lowest BCUT2D eigenvalue weighted by Crippen LogP contribution is -2.40. The fourth-order valence-corrected chi connectivity index (χ4v) is 2.09. The van der Waals surface area contributed by atoms with Crippen molar-refractivity contribution in [3.05, 3.63) is 41.0 Å². The summed E-state index contributed by atoms with van der Waals surface area (Å²) in [5.41, 5.74) is 1.54. The number of esters is 1. The Morgan fingerprint density at radius 1 is 1.31 bits per heavy atom. The van der Waals surface area contributed by atoms with Crippen molar-refractivity contribution in [1.29, 1.82) is 5.26 Å². The molecular formula is C19H21N3O4. The molecule has 2 amide bonds. The number of nitrogens with zero attached hydrogens (tertiary/aromatic N) is 2. The molecule has 7 nitrogen and oxygen atoms in total. The number of nitrogens with one attached hydrogen (secondary N) is 1. The maximum atomic E-state index is 12.0. The summed E-state index contributed by atoms with van der Waals surface area (Å²) in [6.07, 6.45) is 3.33. The van der Waals surface area contributed by atoms with Gasteiger partial charge in [0, 0.05) is 13.1 Å². The highest BCUT2D eigenvalue weighted by Crippen LogP contribution is 2.18. The van der Waals surface area contributed by atoms with E-state index in [1.165, 1.54) is 18.0 Å². The fraction of sp³-hybridized carbons (Fsp3) is 0.368. The van der Waals surface area contributed by atoms with Gasteiger partial charge in [-0.15, -0.1) is 0 Å². The normalized spacial score (nSPS) is 13.5. The highest BCUT2D eigenvalue weighted by molar-refractivity contribution is 5.99. The minimum atomic E-state index is -0.878. The second-order valence-corrected chi connectivity index (χ2v) is 6.25. The van der Waals surface area contributed by atoms with Crippen LogP contribution in [0.5, 0.6) is 0 Å². The van der Waals surface area contributed by atoms with E-state index in [2.05, 4.69) is 5.32 Å². The topological polar surface area (TPSA) is 99.5 Å². The van der Waals surface area contributed by atoms with Gasteiger partial charge in [-0.2, -0.15) is 5.26 Å². The second-order valence-electron chi connectivity index (χ2n) is 6.25. The molecule has 0 spiro atoms. The van der Waals surface area contributed by atoms with Crippen LogP contribution < -0.4 is 5.32 Å². The van der Waals surface area contributed by atoms with Crippen LogP contribution in [0.25, 0.3) is 6.08 Å². The zero-order chi connectivity index (χ0) is 19.1. The standard InChI is InChI=1S/C19H21N3O4/c1-13-3-5-14(6-4-13)9-15(10-20)19(25)26-12-18(24)22(2)11-17(23)21-16-7-8-16/h3-6,9,16H,7-8,11-12H2,1-2H3,(H,21,23)/b15-9+. The molecular weight excluding hydrogens is 334 g/mol. The molecule has 0 aliphatic heterocycles. The summed E-state index contributed by atoms with van der Waals surface area (Å²) in [6.45, 7) is 1.30. The van der Waals surface area contributed by atoms with Gasteiger partial charge in [-0.25, -0.2) is 4.79 Å². The largest absolute Gasteiger partial charge is 0.451 e. The first kappa shape index (κ1) is 19.2. The van der Waals surface area contributed by atoms with Crippen LogP contribution in [-0.2, 0) is 19.1 Å². The van der Waals surface area contributed by atoms with Gasteiger partial charge in [0.05, 0.1) is 6.54 Å². The van der Waals surface area contributed by atoms with Gasteiger partial charge < -0.3 is 15.0 Å². The van der Waals surface area contributed by atoms with Gasteiger partial charge in [-0.3, -0.25) is 9.59 Å². The quantitative estimate of drug-likeness (QED) is 0.450. The zero-order valence-corrected chi connectivity index (χ0v) is 14.8. The predicted octanol–water partition coefficient (Wildman–Crippen LogP) is 1.18. The van der Waals surface area contributed by atoms with Crippen molar-refractivity contribution in [2.24, 2.45) is 0 Å². The van der Waals surface area contributed by atoms with E-state index >= 15 is 0 Å². The van der Waals surface area contributed by atoms with Crippen molar-refractivity contribution in [2.45, 2.75) is 25.8 Å². The van der Waals surface area contributed by atoms with Crippen LogP contribution in [0.15, 0.2) is 29.8 Å². The Balaban J connectivity index is 1.84. The predicted molar refractivity (Wildman–Crippen MR) is 94.5 cm³/mol. The first-order valence-electron chi connectivity index (χ1n) is 8.28. The third-order valence-electron chi connectivity index (χ3n) is 3.80. The maximum Gasteiger partial charge on any atom is 0.349 e. The Bertz CT molecular complexity index is 758. The maximum absolute atomic E-state index is 12.0. The number of ether oxygens (including phenoxy) is 1. The molecule has 1 aromatic rings. The molecule has 7 heteroatoms. The number of carbonyl (C=O) groups excluding carboxylic acids is 3. The summed E-state index contributed by atoms with van der Waals surface area (Å²) in [5.74, 6) is -1.64. The average molecular weight is 355 g/mol. The fourth-order valence-electron chi connectivity index (χ4n) is 2.09. The van der Waals surface area contributed by atoms with Crippen LogP contribution in [0.3, 0.4) is 0 Å². The molecule has 1 aliphatic rings. The smallest absolute Gasteiger partial charge is 0.349 e. The Labute approximate surface area is 152 Å². The van der Waals surface area contributed by atoms with E-state index < -0.39 is 18.5 Å². The van der Waals surface area contributed by atoms with Crippen LogP contribution in [0.1, 0.15) is 24.0 Å². The van der Waals surface area contributed by atoms with Gasteiger partial charge in [-0.1, -0.05) is 29.8 Å². The molecule has 0 bridgehead atoms. The molecule has 0 aromatic heterocycles. The molecule has 0 unspecified atom stereocenters. The first-order chi connectivity index (χ1) is 12.4. The highest BCUT2D eigenvalue weighted by Gasteiger charge is 2.24. The third-order valence-corrected chi connectivity index (χ3v) is 3.80.